The molecule has 4 rings (SSSR count). The molecule has 0 aromatic heterocycles. The van der Waals surface area contributed by atoms with Gasteiger partial charge in [0.1, 0.15) is 0 Å². The lowest BCUT2D eigenvalue weighted by Gasteiger charge is -2.43. The maximum absolute atomic E-state index is 11.8. The number of hydrogen-bond acceptors (Lipinski definition) is 2. The first-order valence-electron chi connectivity index (χ1n) is 5.36. The van der Waals surface area contributed by atoms with Gasteiger partial charge in [0.05, 0.1) is 5.92 Å². The van der Waals surface area contributed by atoms with Crippen LogP contribution in [0.1, 0.15) is 12.8 Å². The van der Waals surface area contributed by atoms with E-state index in [-0.39, 0.29) is 0 Å². The Morgan fingerprint density at radius 2 is 1.77 bits per heavy atom. The molecule has 4 aliphatic heterocycles. The second-order valence-corrected chi connectivity index (χ2v) is 4.57. The van der Waals surface area contributed by atoms with E-state index in [1.165, 1.54) is 25.9 Å². The lowest BCUT2D eigenvalue weighted by molar-refractivity contribution is -0.136. The van der Waals surface area contributed by atoms with Crippen molar-refractivity contribution < 1.29 is 4.79 Å². The molecule has 72 valence electrons. The molecule has 0 radical (unpaired) electrons. The molecule has 0 saturated carbocycles. The van der Waals surface area contributed by atoms with Crippen LogP contribution in [0.25, 0.3) is 0 Å². The number of carbonyl (C=O) groups excluding carboxylic acids is 1. The van der Waals surface area contributed by atoms with Crippen molar-refractivity contribution in [1.29, 1.82) is 0 Å². The lowest BCUT2D eigenvalue weighted by Crippen LogP contribution is -2.51. The number of rotatable bonds is 1. The minimum absolute atomic E-state index is 0.352. The van der Waals surface area contributed by atoms with Crippen molar-refractivity contribution in [3.05, 3.63) is 0 Å². The van der Waals surface area contributed by atoms with Crippen molar-refractivity contribution in [2.75, 3.05) is 32.7 Å². The molecule has 4 aliphatic rings. The summed E-state index contributed by atoms with van der Waals surface area (Å²) < 4.78 is 0. The number of amides is 1. The van der Waals surface area contributed by atoms with Crippen LogP contribution in [0, 0.1) is 11.8 Å². The summed E-state index contributed by atoms with van der Waals surface area (Å²) in [6.07, 6.45) is 2.51. The smallest absolute Gasteiger partial charge is 0.227 e. The van der Waals surface area contributed by atoms with Crippen LogP contribution < -0.4 is 0 Å². The van der Waals surface area contributed by atoms with Gasteiger partial charge in [-0.2, -0.15) is 0 Å². The van der Waals surface area contributed by atoms with Crippen LogP contribution in [0.3, 0.4) is 0 Å². The lowest BCUT2D eigenvalue weighted by atomic mass is 9.78. The van der Waals surface area contributed by atoms with E-state index in [1.807, 2.05) is 4.90 Å². The first-order chi connectivity index (χ1) is 6.34. The quantitative estimate of drug-likeness (QED) is 0.537. The minimum Gasteiger partial charge on any atom is -0.339 e. The fraction of sp³-hybridized carbons (Fsp3) is 0.900. The van der Waals surface area contributed by atoms with Crippen LogP contribution in [-0.4, -0.2) is 48.4 Å². The number of fused-ring (bicyclic) bond motifs is 3. The molecule has 1 unspecified atom stereocenters. The van der Waals surface area contributed by atoms with Crippen LogP contribution in [0.15, 0.2) is 0 Å². The van der Waals surface area contributed by atoms with Gasteiger partial charge in [-0.05, 0) is 31.8 Å². The largest absolute Gasteiger partial charge is 0.339 e. The summed E-state index contributed by atoms with van der Waals surface area (Å²) in [7, 11) is 0. The molecule has 0 aromatic rings. The Labute approximate surface area is 78.7 Å². The standard InChI is InChI=1S/C10H16N2O/c13-10(12-5-6-12)9-7-11-3-1-8(9)2-4-11/h8-9H,1-7H2. The summed E-state index contributed by atoms with van der Waals surface area (Å²) in [5.74, 6) is 1.50. The van der Waals surface area contributed by atoms with Crippen molar-refractivity contribution in [2.45, 2.75) is 12.8 Å². The molecule has 0 N–H and O–H groups in total. The Balaban J connectivity index is 1.73. The van der Waals surface area contributed by atoms with Gasteiger partial charge in [0.15, 0.2) is 0 Å². The van der Waals surface area contributed by atoms with Gasteiger partial charge < -0.3 is 9.80 Å². The third kappa shape index (κ3) is 1.26. The second kappa shape index (κ2) is 2.71. The Bertz CT molecular complexity index is 229. The van der Waals surface area contributed by atoms with Crippen molar-refractivity contribution >= 4 is 5.91 Å². The Morgan fingerprint density at radius 3 is 2.23 bits per heavy atom. The molecular weight excluding hydrogens is 164 g/mol. The maximum atomic E-state index is 11.8. The van der Waals surface area contributed by atoms with Crippen LogP contribution in [0.2, 0.25) is 0 Å². The summed E-state index contributed by atoms with van der Waals surface area (Å²) in [5.41, 5.74) is 0. The van der Waals surface area contributed by atoms with E-state index in [1.54, 1.807) is 0 Å². The zero-order chi connectivity index (χ0) is 8.84. The van der Waals surface area contributed by atoms with Crippen molar-refractivity contribution in [2.24, 2.45) is 11.8 Å². The number of hydrogen-bond donors (Lipinski definition) is 0. The van der Waals surface area contributed by atoms with Gasteiger partial charge in [0.25, 0.3) is 0 Å². The van der Waals surface area contributed by atoms with E-state index >= 15 is 0 Å². The first kappa shape index (κ1) is 7.80. The molecule has 4 heterocycles. The van der Waals surface area contributed by atoms with Crippen LogP contribution in [0.4, 0.5) is 0 Å². The first-order valence-corrected chi connectivity index (χ1v) is 5.36. The van der Waals surface area contributed by atoms with E-state index in [9.17, 15) is 4.79 Å². The number of piperidine rings is 3. The highest BCUT2D eigenvalue weighted by Crippen LogP contribution is 2.34. The van der Waals surface area contributed by atoms with Crippen molar-refractivity contribution in [3.8, 4) is 0 Å². The minimum atomic E-state index is 0.352. The topological polar surface area (TPSA) is 23.3 Å². The van der Waals surface area contributed by atoms with Gasteiger partial charge in [-0.15, -0.1) is 0 Å². The molecule has 13 heavy (non-hydrogen) atoms. The highest BCUT2D eigenvalue weighted by molar-refractivity contribution is 5.81. The van der Waals surface area contributed by atoms with Crippen LogP contribution in [-0.2, 0) is 4.79 Å². The summed E-state index contributed by atoms with van der Waals surface area (Å²) in [6, 6.07) is 0. The van der Waals surface area contributed by atoms with Crippen LogP contribution >= 0.6 is 0 Å². The monoisotopic (exact) mass is 180 g/mol. The average Bonchev–Trinajstić information content (AvgIpc) is 3.02. The Kier molecular flexibility index (Phi) is 1.62. The zero-order valence-corrected chi connectivity index (χ0v) is 7.91. The summed E-state index contributed by atoms with van der Waals surface area (Å²) in [5, 5.41) is 0. The van der Waals surface area contributed by atoms with E-state index in [4.69, 9.17) is 0 Å². The van der Waals surface area contributed by atoms with E-state index in [0.717, 1.165) is 19.6 Å². The third-order valence-electron chi connectivity index (χ3n) is 3.73. The molecule has 3 nitrogen and oxygen atoms in total. The Hall–Kier alpha value is -0.570. The molecule has 1 amide bonds. The molecule has 0 spiro atoms. The maximum Gasteiger partial charge on any atom is 0.227 e. The predicted molar refractivity (Wildman–Crippen MR) is 49.2 cm³/mol. The molecule has 1 atom stereocenters. The van der Waals surface area contributed by atoms with Gasteiger partial charge in [-0.1, -0.05) is 0 Å². The normalized spacial score (nSPS) is 42.2. The molecule has 0 aliphatic carbocycles. The average molecular weight is 180 g/mol. The fourth-order valence-corrected chi connectivity index (χ4v) is 2.75. The highest BCUT2D eigenvalue weighted by Gasteiger charge is 2.41. The van der Waals surface area contributed by atoms with Gasteiger partial charge in [0, 0.05) is 19.6 Å². The summed E-state index contributed by atoms with van der Waals surface area (Å²) in [6.45, 7) is 5.53. The summed E-state index contributed by atoms with van der Waals surface area (Å²) >= 11 is 0. The number of carbonyl (C=O) groups is 1. The van der Waals surface area contributed by atoms with E-state index in [0.29, 0.717) is 17.7 Å². The van der Waals surface area contributed by atoms with Gasteiger partial charge >= 0.3 is 0 Å². The highest BCUT2D eigenvalue weighted by atomic mass is 16.2. The Morgan fingerprint density at radius 1 is 1.08 bits per heavy atom. The SMILES string of the molecule is O=C(C1CN2CCC1CC2)N1CC1. The molecule has 4 fully saturated rings. The summed E-state index contributed by atoms with van der Waals surface area (Å²) in [4.78, 5) is 16.3. The van der Waals surface area contributed by atoms with Gasteiger partial charge in [0.2, 0.25) is 5.91 Å². The van der Waals surface area contributed by atoms with Crippen molar-refractivity contribution in [3.63, 3.8) is 0 Å². The van der Waals surface area contributed by atoms with E-state index < -0.39 is 0 Å². The number of nitrogens with zero attached hydrogens (tertiary/aromatic N) is 2. The predicted octanol–water partition coefficient (Wildman–Crippen LogP) is 0.170. The molecule has 3 heteroatoms. The third-order valence-corrected chi connectivity index (χ3v) is 3.73. The molecule has 2 bridgehead atoms. The van der Waals surface area contributed by atoms with E-state index in [2.05, 4.69) is 4.90 Å². The zero-order valence-electron chi connectivity index (χ0n) is 7.91. The molecule has 4 saturated heterocycles. The molecular formula is C10H16N2O. The molecule has 0 aromatic carbocycles. The second-order valence-electron chi connectivity index (χ2n) is 4.57. The van der Waals surface area contributed by atoms with Crippen LogP contribution in [0.5, 0.6) is 0 Å². The van der Waals surface area contributed by atoms with Gasteiger partial charge in [-0.25, -0.2) is 0 Å². The fourth-order valence-electron chi connectivity index (χ4n) is 2.75. The van der Waals surface area contributed by atoms with Crippen molar-refractivity contribution in [1.82, 2.24) is 9.80 Å². The van der Waals surface area contributed by atoms with Gasteiger partial charge in [-0.3, -0.25) is 4.79 Å².